The third-order valence-corrected chi connectivity index (χ3v) is 8.74. The first-order valence-electron chi connectivity index (χ1n) is 10.8. The van der Waals surface area contributed by atoms with Gasteiger partial charge in [0.2, 0.25) is 0 Å². The minimum Gasteiger partial charge on any atom is -0.144 e. The molecule has 0 aliphatic carbocycles. The largest absolute Gasteiger partial charge is 0.144 e. The van der Waals surface area contributed by atoms with Crippen LogP contribution in [-0.2, 0) is 0 Å². The molecule has 0 amide bonds. The molecule has 148 valence electrons. The second kappa shape index (κ2) is 6.07. The predicted molar refractivity (Wildman–Crippen MR) is 143 cm³/mol. The highest BCUT2D eigenvalue weighted by Crippen LogP contribution is 2.48. The maximum Gasteiger partial charge on any atom is 0.0349 e. The summed E-state index contributed by atoms with van der Waals surface area (Å²) in [6, 6.07) is 31.9. The van der Waals surface area contributed by atoms with Crippen molar-refractivity contribution in [2.45, 2.75) is 0 Å². The second-order valence-electron chi connectivity index (χ2n) is 8.59. The molecular formula is C30H16S2. The molecule has 0 fully saturated rings. The molecule has 32 heavy (non-hydrogen) atoms. The van der Waals surface area contributed by atoms with Crippen molar-refractivity contribution in [1.82, 2.24) is 0 Å². The Balaban J connectivity index is 1.44. The lowest BCUT2D eigenvalue weighted by molar-refractivity contribution is 1.75. The Morgan fingerprint density at radius 3 is 1.19 bits per heavy atom. The molecule has 0 bridgehead atoms. The molecular weight excluding hydrogens is 424 g/mol. The van der Waals surface area contributed by atoms with Gasteiger partial charge in [-0.15, -0.1) is 22.7 Å². The van der Waals surface area contributed by atoms with Crippen molar-refractivity contribution in [2.75, 3.05) is 0 Å². The number of thiophene rings is 2. The van der Waals surface area contributed by atoms with Crippen molar-refractivity contribution >= 4 is 76.5 Å². The van der Waals surface area contributed by atoms with Gasteiger partial charge in [0, 0.05) is 20.9 Å². The summed E-state index contributed by atoms with van der Waals surface area (Å²) in [5.41, 5.74) is 2.70. The maximum absolute atomic E-state index is 2.42. The van der Waals surface area contributed by atoms with Gasteiger partial charge in [0.25, 0.3) is 0 Å². The van der Waals surface area contributed by atoms with E-state index in [1.165, 1.54) is 74.7 Å². The lowest BCUT2D eigenvalue weighted by atomic mass is 9.83. The van der Waals surface area contributed by atoms with Gasteiger partial charge in [-0.05, 0) is 113 Å². The molecule has 0 aliphatic rings. The van der Waals surface area contributed by atoms with Crippen LogP contribution in [0.15, 0.2) is 95.7 Å². The molecule has 8 rings (SSSR count). The summed E-state index contributed by atoms with van der Waals surface area (Å²) < 4.78 is 0. The van der Waals surface area contributed by atoms with E-state index >= 15 is 0 Å². The fourth-order valence-corrected chi connectivity index (χ4v) is 6.88. The lowest BCUT2D eigenvalue weighted by Gasteiger charge is -2.20. The molecule has 0 N–H and O–H groups in total. The van der Waals surface area contributed by atoms with E-state index in [2.05, 4.69) is 95.7 Å². The molecule has 0 spiro atoms. The SMILES string of the molecule is c1csc(-c2cc3c(cc2-c2cccs2)c2cc4c5cc6ccccc6cc5c4cc32)c1. The van der Waals surface area contributed by atoms with Crippen LogP contribution in [0.1, 0.15) is 0 Å². The molecule has 0 nitrogen and oxygen atoms in total. The summed E-state index contributed by atoms with van der Waals surface area (Å²) in [5.74, 6) is 0. The van der Waals surface area contributed by atoms with Crippen LogP contribution in [0.25, 0.3) is 74.7 Å². The van der Waals surface area contributed by atoms with E-state index in [9.17, 15) is 0 Å². The average molecular weight is 441 g/mol. The van der Waals surface area contributed by atoms with E-state index in [-0.39, 0.29) is 0 Å². The highest BCUT2D eigenvalue weighted by atomic mass is 32.1. The third kappa shape index (κ3) is 2.16. The summed E-state index contributed by atoms with van der Waals surface area (Å²) in [5, 5.41) is 18.1. The molecule has 2 heteroatoms. The zero-order valence-electron chi connectivity index (χ0n) is 17.1. The number of fused-ring (bicyclic) bond motifs is 9. The standard InChI is InChI=1S/C30H16S2/c1-2-6-18-12-20-19(11-17(18)5-1)21-13-23-24(14-22(20)21)26-16-28(30-8-4-10-32-30)27(15-25(23)26)29-7-3-9-31-29/h1-16H. The first kappa shape index (κ1) is 17.1. The van der Waals surface area contributed by atoms with Gasteiger partial charge in [-0.1, -0.05) is 36.4 Å². The molecule has 0 radical (unpaired) electrons. The van der Waals surface area contributed by atoms with Crippen LogP contribution in [0.5, 0.6) is 0 Å². The monoisotopic (exact) mass is 440 g/mol. The van der Waals surface area contributed by atoms with Crippen molar-refractivity contribution in [3.05, 3.63) is 95.7 Å². The van der Waals surface area contributed by atoms with Crippen molar-refractivity contribution in [2.24, 2.45) is 0 Å². The first-order valence-corrected chi connectivity index (χ1v) is 12.6. The normalized spacial score (nSPS) is 12.4. The Hall–Kier alpha value is -3.46. The zero-order chi connectivity index (χ0) is 20.8. The summed E-state index contributed by atoms with van der Waals surface area (Å²) in [7, 11) is 0. The van der Waals surface area contributed by atoms with Gasteiger partial charge in [-0.3, -0.25) is 0 Å². The Kier molecular flexibility index (Phi) is 3.25. The smallest absolute Gasteiger partial charge is 0.0349 e. The lowest BCUT2D eigenvalue weighted by Crippen LogP contribution is -1.92. The molecule has 2 heterocycles. The van der Waals surface area contributed by atoms with Crippen molar-refractivity contribution in [3.63, 3.8) is 0 Å². The topological polar surface area (TPSA) is 0 Å². The van der Waals surface area contributed by atoms with Crippen LogP contribution in [0.2, 0.25) is 0 Å². The molecule has 0 saturated carbocycles. The Morgan fingerprint density at radius 1 is 0.375 bits per heavy atom. The molecule has 8 aromatic rings. The first-order chi connectivity index (χ1) is 15.8. The highest BCUT2D eigenvalue weighted by Gasteiger charge is 2.20. The van der Waals surface area contributed by atoms with Gasteiger partial charge in [0.1, 0.15) is 0 Å². The number of hydrogen-bond donors (Lipinski definition) is 0. The average Bonchev–Trinajstić information content (AvgIpc) is 3.54. The van der Waals surface area contributed by atoms with Crippen molar-refractivity contribution < 1.29 is 0 Å². The van der Waals surface area contributed by atoms with E-state index in [4.69, 9.17) is 0 Å². The van der Waals surface area contributed by atoms with E-state index in [0.717, 1.165) is 0 Å². The molecule has 0 atom stereocenters. The second-order valence-corrected chi connectivity index (χ2v) is 10.5. The minimum atomic E-state index is 1.32. The van der Waals surface area contributed by atoms with Crippen LogP contribution in [0.3, 0.4) is 0 Å². The number of benzene rings is 4. The highest BCUT2D eigenvalue weighted by molar-refractivity contribution is 7.14. The van der Waals surface area contributed by atoms with Crippen LogP contribution >= 0.6 is 22.7 Å². The van der Waals surface area contributed by atoms with Gasteiger partial charge in [-0.25, -0.2) is 0 Å². The summed E-state index contributed by atoms with van der Waals surface area (Å²) in [6.07, 6.45) is 0. The maximum atomic E-state index is 2.42. The quantitative estimate of drug-likeness (QED) is 0.251. The van der Waals surface area contributed by atoms with Crippen molar-refractivity contribution in [3.8, 4) is 20.9 Å². The van der Waals surface area contributed by atoms with Crippen LogP contribution in [0.4, 0.5) is 0 Å². The van der Waals surface area contributed by atoms with Crippen LogP contribution in [-0.4, -0.2) is 0 Å². The van der Waals surface area contributed by atoms with E-state index in [1.807, 2.05) is 22.7 Å². The third-order valence-electron chi connectivity index (χ3n) is 6.94. The molecule has 0 aliphatic heterocycles. The summed E-state index contributed by atoms with van der Waals surface area (Å²) in [6.45, 7) is 0. The van der Waals surface area contributed by atoms with Gasteiger partial charge in [0.05, 0.1) is 0 Å². The van der Waals surface area contributed by atoms with E-state index in [0.29, 0.717) is 0 Å². The van der Waals surface area contributed by atoms with Gasteiger partial charge in [0.15, 0.2) is 0 Å². The van der Waals surface area contributed by atoms with Crippen LogP contribution < -0.4 is 0 Å². The molecule has 0 saturated heterocycles. The minimum absolute atomic E-state index is 1.32. The Labute approximate surface area is 192 Å². The van der Waals surface area contributed by atoms with Crippen LogP contribution in [0, 0.1) is 0 Å². The summed E-state index contributed by atoms with van der Waals surface area (Å²) in [4.78, 5) is 2.68. The predicted octanol–water partition coefficient (Wildman–Crippen LogP) is 9.79. The van der Waals surface area contributed by atoms with E-state index in [1.54, 1.807) is 0 Å². The number of hydrogen-bond acceptors (Lipinski definition) is 2. The van der Waals surface area contributed by atoms with Gasteiger partial charge < -0.3 is 0 Å². The molecule has 0 unspecified atom stereocenters. The fraction of sp³-hybridized carbons (Fsp3) is 0. The molecule has 6 aromatic carbocycles. The van der Waals surface area contributed by atoms with Gasteiger partial charge >= 0.3 is 0 Å². The number of rotatable bonds is 2. The molecule has 2 aromatic heterocycles. The van der Waals surface area contributed by atoms with Crippen molar-refractivity contribution in [1.29, 1.82) is 0 Å². The fourth-order valence-electron chi connectivity index (χ4n) is 5.37. The van der Waals surface area contributed by atoms with E-state index < -0.39 is 0 Å². The summed E-state index contributed by atoms with van der Waals surface area (Å²) >= 11 is 3.64. The zero-order valence-corrected chi connectivity index (χ0v) is 18.7. The Bertz CT molecular complexity index is 1760. The Morgan fingerprint density at radius 2 is 0.781 bits per heavy atom. The van der Waals surface area contributed by atoms with Gasteiger partial charge in [-0.2, -0.15) is 0 Å².